The van der Waals surface area contributed by atoms with Crippen LogP contribution in [-0.2, 0) is 4.79 Å². The van der Waals surface area contributed by atoms with Gasteiger partial charge in [0.1, 0.15) is 5.75 Å². The van der Waals surface area contributed by atoms with Crippen LogP contribution in [0.2, 0.25) is 0 Å². The molecule has 0 aliphatic carbocycles. The number of carboxylic acids is 1. The predicted octanol–water partition coefficient (Wildman–Crippen LogP) is 3.56. The second-order valence-electron chi connectivity index (χ2n) is 4.89. The summed E-state index contributed by atoms with van der Waals surface area (Å²) in [6.07, 6.45) is 4.86. The van der Waals surface area contributed by atoms with E-state index in [-0.39, 0.29) is 6.42 Å². The number of nitrogens with zero attached hydrogens (tertiary/aromatic N) is 1. The van der Waals surface area contributed by atoms with Crippen LogP contribution in [0.4, 0.5) is 5.69 Å². The van der Waals surface area contributed by atoms with Crippen LogP contribution in [-0.4, -0.2) is 31.3 Å². The molecular formula is C16H25NO3. The highest BCUT2D eigenvalue weighted by Crippen LogP contribution is 2.21. The molecule has 0 amide bonds. The lowest BCUT2D eigenvalue weighted by molar-refractivity contribution is -0.136. The van der Waals surface area contributed by atoms with E-state index in [1.165, 1.54) is 19.3 Å². The summed E-state index contributed by atoms with van der Waals surface area (Å²) < 4.78 is 5.23. The summed E-state index contributed by atoms with van der Waals surface area (Å²) in [6.45, 7) is 3.61. The van der Waals surface area contributed by atoms with E-state index in [0.717, 1.165) is 24.4 Å². The number of benzene rings is 1. The first-order valence-electron chi connectivity index (χ1n) is 7.28. The molecule has 1 aromatic rings. The lowest BCUT2D eigenvalue weighted by Gasteiger charge is -2.24. The Morgan fingerprint density at radius 3 is 2.70 bits per heavy atom. The topological polar surface area (TPSA) is 49.8 Å². The third-order valence-electron chi connectivity index (χ3n) is 3.30. The van der Waals surface area contributed by atoms with Gasteiger partial charge in [-0.05, 0) is 18.6 Å². The number of unbranched alkanes of at least 4 members (excludes halogenated alkanes) is 3. The standard InChI is InChI=1S/C16H25NO3/c1-3-4-5-6-11-17(12-10-16(18)19)14-8-7-9-15(13-14)20-2/h7-9,13H,3-6,10-12H2,1-2H3,(H,18,19). The van der Waals surface area contributed by atoms with E-state index in [4.69, 9.17) is 9.84 Å². The van der Waals surface area contributed by atoms with Gasteiger partial charge in [-0.3, -0.25) is 4.79 Å². The molecule has 4 nitrogen and oxygen atoms in total. The largest absolute Gasteiger partial charge is 0.497 e. The average Bonchev–Trinajstić information content (AvgIpc) is 2.46. The van der Waals surface area contributed by atoms with E-state index in [9.17, 15) is 4.79 Å². The van der Waals surface area contributed by atoms with Gasteiger partial charge in [0, 0.05) is 24.8 Å². The monoisotopic (exact) mass is 279 g/mol. The van der Waals surface area contributed by atoms with Gasteiger partial charge in [0.25, 0.3) is 0 Å². The summed E-state index contributed by atoms with van der Waals surface area (Å²) >= 11 is 0. The van der Waals surface area contributed by atoms with Crippen molar-refractivity contribution in [1.82, 2.24) is 0 Å². The molecule has 112 valence electrons. The number of methoxy groups -OCH3 is 1. The van der Waals surface area contributed by atoms with Crippen LogP contribution in [0.15, 0.2) is 24.3 Å². The Labute approximate surface area is 121 Å². The first-order chi connectivity index (χ1) is 9.67. The van der Waals surface area contributed by atoms with Crippen molar-refractivity contribution in [3.05, 3.63) is 24.3 Å². The van der Waals surface area contributed by atoms with Crippen LogP contribution in [0.3, 0.4) is 0 Å². The molecule has 4 heteroatoms. The molecule has 0 aliphatic rings. The lowest BCUT2D eigenvalue weighted by Crippen LogP contribution is -2.27. The van der Waals surface area contributed by atoms with Gasteiger partial charge < -0.3 is 14.7 Å². The Bertz CT molecular complexity index is 406. The number of hydrogen-bond acceptors (Lipinski definition) is 3. The molecule has 0 atom stereocenters. The fourth-order valence-electron chi connectivity index (χ4n) is 2.14. The van der Waals surface area contributed by atoms with Gasteiger partial charge >= 0.3 is 5.97 Å². The van der Waals surface area contributed by atoms with E-state index in [1.54, 1.807) is 7.11 Å². The number of carboxylic acid groups (broad SMARTS) is 1. The van der Waals surface area contributed by atoms with Gasteiger partial charge in [0.15, 0.2) is 0 Å². The molecule has 1 N–H and O–H groups in total. The minimum absolute atomic E-state index is 0.158. The highest BCUT2D eigenvalue weighted by molar-refractivity contribution is 5.67. The summed E-state index contributed by atoms with van der Waals surface area (Å²) in [6, 6.07) is 7.80. The fourth-order valence-corrected chi connectivity index (χ4v) is 2.14. The average molecular weight is 279 g/mol. The Balaban J connectivity index is 2.66. The van der Waals surface area contributed by atoms with Crippen LogP contribution in [0.1, 0.15) is 39.0 Å². The molecule has 1 rings (SSSR count). The number of aliphatic carboxylic acids is 1. The molecule has 0 saturated carbocycles. The zero-order valence-corrected chi connectivity index (χ0v) is 12.5. The van der Waals surface area contributed by atoms with Crippen LogP contribution < -0.4 is 9.64 Å². The van der Waals surface area contributed by atoms with Crippen molar-refractivity contribution in [1.29, 1.82) is 0 Å². The predicted molar refractivity (Wildman–Crippen MR) is 81.6 cm³/mol. The van der Waals surface area contributed by atoms with Gasteiger partial charge in [0.2, 0.25) is 0 Å². The molecule has 0 aliphatic heterocycles. The zero-order valence-electron chi connectivity index (χ0n) is 12.5. The molecule has 0 unspecified atom stereocenters. The molecule has 20 heavy (non-hydrogen) atoms. The summed E-state index contributed by atoms with van der Waals surface area (Å²) in [5, 5.41) is 8.87. The van der Waals surface area contributed by atoms with Gasteiger partial charge in [-0.25, -0.2) is 0 Å². The van der Waals surface area contributed by atoms with Crippen molar-refractivity contribution in [3.63, 3.8) is 0 Å². The number of carbonyl (C=O) groups is 1. The van der Waals surface area contributed by atoms with Gasteiger partial charge in [-0.1, -0.05) is 32.3 Å². The van der Waals surface area contributed by atoms with Crippen molar-refractivity contribution in [2.45, 2.75) is 39.0 Å². The molecule has 0 heterocycles. The molecule has 0 fully saturated rings. The zero-order chi connectivity index (χ0) is 14.8. The minimum atomic E-state index is -0.758. The summed E-state index contributed by atoms with van der Waals surface area (Å²) in [7, 11) is 1.64. The molecule has 0 spiro atoms. The second kappa shape index (κ2) is 9.23. The van der Waals surface area contributed by atoms with Crippen molar-refractivity contribution in [3.8, 4) is 5.75 Å². The lowest BCUT2D eigenvalue weighted by atomic mass is 10.2. The minimum Gasteiger partial charge on any atom is -0.497 e. The first-order valence-corrected chi connectivity index (χ1v) is 7.28. The molecule has 0 saturated heterocycles. The highest BCUT2D eigenvalue weighted by Gasteiger charge is 2.09. The normalized spacial score (nSPS) is 10.3. The number of rotatable bonds is 10. The van der Waals surface area contributed by atoms with E-state index in [1.807, 2.05) is 24.3 Å². The van der Waals surface area contributed by atoms with Gasteiger partial charge in [-0.2, -0.15) is 0 Å². The highest BCUT2D eigenvalue weighted by atomic mass is 16.5. The van der Waals surface area contributed by atoms with E-state index < -0.39 is 5.97 Å². The second-order valence-corrected chi connectivity index (χ2v) is 4.89. The van der Waals surface area contributed by atoms with E-state index in [2.05, 4.69) is 11.8 Å². The molecule has 0 radical (unpaired) electrons. The molecular weight excluding hydrogens is 254 g/mol. The Morgan fingerprint density at radius 2 is 2.05 bits per heavy atom. The van der Waals surface area contributed by atoms with Crippen LogP contribution in [0.5, 0.6) is 5.75 Å². The Morgan fingerprint density at radius 1 is 1.25 bits per heavy atom. The third kappa shape index (κ3) is 5.95. The van der Waals surface area contributed by atoms with E-state index in [0.29, 0.717) is 6.54 Å². The summed E-state index contributed by atoms with van der Waals surface area (Å²) in [5.74, 6) is 0.0443. The van der Waals surface area contributed by atoms with Crippen molar-refractivity contribution in [2.24, 2.45) is 0 Å². The van der Waals surface area contributed by atoms with Crippen LogP contribution >= 0.6 is 0 Å². The SMILES string of the molecule is CCCCCCN(CCC(=O)O)c1cccc(OC)c1. The Kier molecular flexibility index (Phi) is 7.55. The first kappa shape index (κ1) is 16.3. The number of hydrogen-bond donors (Lipinski definition) is 1. The summed E-state index contributed by atoms with van der Waals surface area (Å²) in [5.41, 5.74) is 1.03. The molecule has 1 aromatic carbocycles. The number of ether oxygens (including phenoxy) is 1. The quantitative estimate of drug-likeness (QED) is 0.665. The van der Waals surface area contributed by atoms with Crippen molar-refractivity contribution < 1.29 is 14.6 Å². The molecule has 0 aromatic heterocycles. The van der Waals surface area contributed by atoms with E-state index >= 15 is 0 Å². The summed E-state index contributed by atoms with van der Waals surface area (Å²) in [4.78, 5) is 12.9. The maximum Gasteiger partial charge on any atom is 0.305 e. The van der Waals surface area contributed by atoms with Crippen LogP contribution in [0, 0.1) is 0 Å². The van der Waals surface area contributed by atoms with Crippen LogP contribution in [0.25, 0.3) is 0 Å². The maximum atomic E-state index is 10.8. The number of anilines is 1. The Hall–Kier alpha value is -1.71. The molecule has 0 bridgehead atoms. The van der Waals surface area contributed by atoms with Crippen molar-refractivity contribution >= 4 is 11.7 Å². The van der Waals surface area contributed by atoms with Crippen molar-refractivity contribution in [2.75, 3.05) is 25.1 Å². The third-order valence-corrected chi connectivity index (χ3v) is 3.30. The fraction of sp³-hybridized carbons (Fsp3) is 0.562. The smallest absolute Gasteiger partial charge is 0.305 e. The maximum absolute atomic E-state index is 10.8. The van der Waals surface area contributed by atoms with Gasteiger partial charge in [0.05, 0.1) is 13.5 Å². The van der Waals surface area contributed by atoms with Gasteiger partial charge in [-0.15, -0.1) is 0 Å².